The van der Waals surface area contributed by atoms with Gasteiger partial charge in [0, 0.05) is 31.9 Å². The molecule has 1 aliphatic rings. The van der Waals surface area contributed by atoms with E-state index in [0.717, 1.165) is 4.90 Å². The minimum Gasteiger partial charge on any atom is -0.368 e. The van der Waals surface area contributed by atoms with Crippen LogP contribution in [0.4, 0.5) is 18.9 Å². The van der Waals surface area contributed by atoms with Crippen LogP contribution in [0.25, 0.3) is 0 Å². The molecule has 1 aliphatic heterocycles. The average molecular weight is 303 g/mol. The summed E-state index contributed by atoms with van der Waals surface area (Å²) in [7, 11) is 0. The van der Waals surface area contributed by atoms with Crippen molar-refractivity contribution in [2.24, 2.45) is 0 Å². The lowest BCUT2D eigenvalue weighted by Gasteiger charge is -2.35. The van der Waals surface area contributed by atoms with Crippen LogP contribution in [0.2, 0.25) is 0 Å². The second-order valence-electron chi connectivity index (χ2n) is 4.55. The lowest BCUT2D eigenvalue weighted by molar-refractivity contribution is -0.623. The molecule has 0 unspecified atom stereocenters. The average Bonchev–Trinajstić information content (AvgIpc) is 2.47. The Hall–Kier alpha value is -2.32. The lowest BCUT2D eigenvalue weighted by Crippen LogP contribution is -2.55. The van der Waals surface area contributed by atoms with Crippen molar-refractivity contribution >= 4 is 11.6 Å². The first-order valence-corrected chi connectivity index (χ1v) is 6.14. The Balaban J connectivity index is 1.99. The summed E-state index contributed by atoms with van der Waals surface area (Å²) in [5, 5.41) is 10.2. The Bertz CT molecular complexity index is 542. The highest BCUT2D eigenvalue weighted by molar-refractivity contribution is 5.82. The minimum absolute atomic E-state index is 0.0559. The largest absolute Gasteiger partial charge is 0.593 e. The van der Waals surface area contributed by atoms with Gasteiger partial charge in [0.05, 0.1) is 0 Å². The maximum atomic E-state index is 13.0. The molecule has 2 rings (SSSR count). The number of halogens is 3. The van der Waals surface area contributed by atoms with Gasteiger partial charge < -0.3 is 9.80 Å². The number of carbonyl (C=O) groups is 1. The third-order valence-corrected chi connectivity index (χ3v) is 3.25. The summed E-state index contributed by atoms with van der Waals surface area (Å²) in [5.74, 6) is -2.19. The summed E-state index contributed by atoms with van der Waals surface area (Å²) in [4.78, 5) is 22.3. The van der Waals surface area contributed by atoms with Crippen LogP contribution in [-0.4, -0.2) is 48.0 Å². The highest BCUT2D eigenvalue weighted by Crippen LogP contribution is 2.21. The van der Waals surface area contributed by atoms with Crippen LogP contribution < -0.4 is 4.90 Å². The quantitative estimate of drug-likeness (QED) is 0.480. The van der Waals surface area contributed by atoms with Crippen molar-refractivity contribution in [3.8, 4) is 0 Å². The highest BCUT2D eigenvalue weighted by atomic mass is 19.3. The molecule has 1 heterocycles. The van der Waals surface area contributed by atoms with Crippen LogP contribution in [0.3, 0.4) is 0 Å². The topological polar surface area (TPSA) is 66.7 Å². The predicted molar refractivity (Wildman–Crippen MR) is 67.1 cm³/mol. The molecule has 0 radical (unpaired) electrons. The number of nitro groups is 1. The van der Waals surface area contributed by atoms with E-state index in [0.29, 0.717) is 5.69 Å². The number of amides is 1. The number of piperazine rings is 1. The number of carbonyl (C=O) groups excluding carboxylic acids is 1. The van der Waals surface area contributed by atoms with E-state index in [-0.39, 0.29) is 26.2 Å². The van der Waals surface area contributed by atoms with Gasteiger partial charge in [0.1, 0.15) is 10.7 Å². The van der Waals surface area contributed by atoms with Gasteiger partial charge in [-0.25, -0.2) is 4.39 Å². The van der Waals surface area contributed by atoms with Crippen molar-refractivity contribution < 1.29 is 22.9 Å². The standard InChI is InChI=1S/C12H12F3N3O3/c13-9-1-3-10(4-2-9)16-5-7-17(8-6-16)11(19)12(14,15)18(20)21/h1-4H,5-8H2. The summed E-state index contributed by atoms with van der Waals surface area (Å²) < 4.78 is 38.9. The Morgan fingerprint density at radius 3 is 2.14 bits per heavy atom. The maximum Gasteiger partial charge on any atom is 0.593 e. The molecule has 0 atom stereocenters. The molecule has 0 spiro atoms. The lowest BCUT2D eigenvalue weighted by atomic mass is 10.2. The molecule has 0 saturated carbocycles. The van der Waals surface area contributed by atoms with Crippen molar-refractivity contribution in [1.29, 1.82) is 0 Å². The fourth-order valence-electron chi connectivity index (χ4n) is 2.09. The Labute approximate surface area is 117 Å². The molecule has 0 bridgehead atoms. The third kappa shape index (κ3) is 3.06. The van der Waals surface area contributed by atoms with Gasteiger partial charge in [0.15, 0.2) is 0 Å². The molecule has 1 fully saturated rings. The van der Waals surface area contributed by atoms with Crippen LogP contribution in [0.5, 0.6) is 0 Å². The zero-order valence-corrected chi connectivity index (χ0v) is 10.8. The number of nitrogens with zero attached hydrogens (tertiary/aromatic N) is 3. The zero-order chi connectivity index (χ0) is 15.6. The number of rotatable bonds is 3. The van der Waals surface area contributed by atoms with Gasteiger partial charge in [0.2, 0.25) is 0 Å². The van der Waals surface area contributed by atoms with Crippen molar-refractivity contribution in [2.75, 3.05) is 31.1 Å². The molecular weight excluding hydrogens is 291 g/mol. The number of anilines is 1. The van der Waals surface area contributed by atoms with E-state index in [2.05, 4.69) is 0 Å². The van der Waals surface area contributed by atoms with Gasteiger partial charge in [-0.2, -0.15) is 0 Å². The van der Waals surface area contributed by atoms with Crippen LogP contribution >= 0.6 is 0 Å². The van der Waals surface area contributed by atoms with Gasteiger partial charge in [0.25, 0.3) is 0 Å². The summed E-state index contributed by atoms with van der Waals surface area (Å²) in [6, 6.07) is 1.02. The molecule has 1 amide bonds. The summed E-state index contributed by atoms with van der Waals surface area (Å²) >= 11 is 0. The summed E-state index contributed by atoms with van der Waals surface area (Å²) in [5.41, 5.74) is 0.699. The third-order valence-electron chi connectivity index (χ3n) is 3.25. The first-order valence-electron chi connectivity index (χ1n) is 6.14. The van der Waals surface area contributed by atoms with E-state index in [4.69, 9.17) is 0 Å². The molecule has 6 nitrogen and oxygen atoms in total. The van der Waals surface area contributed by atoms with E-state index >= 15 is 0 Å². The number of hydrogen-bond donors (Lipinski definition) is 0. The van der Waals surface area contributed by atoms with Gasteiger partial charge in [-0.05, 0) is 24.3 Å². The maximum absolute atomic E-state index is 13.0. The predicted octanol–water partition coefficient (Wildman–Crippen LogP) is 1.34. The Morgan fingerprint density at radius 1 is 1.14 bits per heavy atom. The molecule has 9 heteroatoms. The van der Waals surface area contributed by atoms with Gasteiger partial charge in [-0.3, -0.25) is 14.9 Å². The van der Waals surface area contributed by atoms with E-state index in [1.807, 2.05) is 0 Å². The number of hydrogen-bond acceptors (Lipinski definition) is 4. The second kappa shape index (κ2) is 5.58. The fraction of sp³-hybridized carbons (Fsp3) is 0.417. The molecule has 0 aliphatic carbocycles. The van der Waals surface area contributed by atoms with E-state index in [1.54, 1.807) is 17.0 Å². The molecule has 1 aromatic rings. The molecule has 1 saturated heterocycles. The SMILES string of the molecule is O=C(N1CCN(c2ccc(F)cc2)CC1)C(F)(F)[N+](=O)[O-]. The Morgan fingerprint density at radius 2 is 1.67 bits per heavy atom. The summed E-state index contributed by atoms with van der Waals surface area (Å²) in [6.45, 7) is 0.371. The summed E-state index contributed by atoms with van der Waals surface area (Å²) in [6.07, 6.45) is 0. The number of alkyl halides is 2. The Kier molecular flexibility index (Phi) is 4.01. The van der Waals surface area contributed by atoms with Crippen molar-refractivity contribution in [1.82, 2.24) is 4.90 Å². The molecule has 0 aromatic heterocycles. The van der Waals surface area contributed by atoms with Crippen molar-refractivity contribution in [3.63, 3.8) is 0 Å². The minimum atomic E-state index is -4.60. The zero-order valence-electron chi connectivity index (χ0n) is 10.8. The molecule has 21 heavy (non-hydrogen) atoms. The van der Waals surface area contributed by atoms with Gasteiger partial charge >= 0.3 is 12.0 Å². The monoisotopic (exact) mass is 303 g/mol. The van der Waals surface area contributed by atoms with Gasteiger partial charge in [-0.15, -0.1) is 8.78 Å². The van der Waals surface area contributed by atoms with Crippen LogP contribution in [0.15, 0.2) is 24.3 Å². The smallest absolute Gasteiger partial charge is 0.368 e. The molecule has 1 aromatic carbocycles. The van der Waals surface area contributed by atoms with Crippen LogP contribution in [-0.2, 0) is 4.79 Å². The molecule has 0 N–H and O–H groups in total. The van der Waals surface area contributed by atoms with Gasteiger partial charge in [-0.1, -0.05) is 0 Å². The normalized spacial score (nSPS) is 16.0. The highest BCUT2D eigenvalue weighted by Gasteiger charge is 2.56. The molecule has 114 valence electrons. The second-order valence-corrected chi connectivity index (χ2v) is 4.55. The van der Waals surface area contributed by atoms with Crippen molar-refractivity contribution in [3.05, 3.63) is 40.2 Å². The molecular formula is C12H12F3N3O3. The fourth-order valence-corrected chi connectivity index (χ4v) is 2.09. The van der Waals surface area contributed by atoms with E-state index in [9.17, 15) is 28.1 Å². The van der Waals surface area contributed by atoms with Crippen molar-refractivity contribution in [2.45, 2.75) is 6.05 Å². The first kappa shape index (κ1) is 15.1. The van der Waals surface area contributed by atoms with E-state index in [1.165, 1.54) is 12.1 Å². The van der Waals surface area contributed by atoms with E-state index < -0.39 is 22.7 Å². The number of benzene rings is 1. The van der Waals surface area contributed by atoms with Crippen LogP contribution in [0, 0.1) is 15.9 Å². The first-order chi connectivity index (χ1) is 9.82. The van der Waals surface area contributed by atoms with Crippen LogP contribution in [0.1, 0.15) is 0 Å².